The smallest absolute Gasteiger partial charge is 0.191 e. The Kier molecular flexibility index (Phi) is 8.22. The Morgan fingerprint density at radius 3 is 2.33 bits per heavy atom. The number of benzene rings is 1. The lowest BCUT2D eigenvalue weighted by Crippen LogP contribution is -2.62. The first-order valence-corrected chi connectivity index (χ1v) is 11.2. The van der Waals surface area contributed by atoms with Crippen molar-refractivity contribution >= 4 is 5.96 Å². The number of ether oxygens (including phenoxy) is 2. The molecule has 0 aromatic heterocycles. The van der Waals surface area contributed by atoms with E-state index >= 15 is 0 Å². The third-order valence-corrected chi connectivity index (χ3v) is 6.66. The molecule has 0 unspecified atom stereocenters. The largest absolute Gasteiger partial charge is 0.493 e. The molecular weight excluding hydrogens is 378 g/mol. The molecule has 2 aliphatic heterocycles. The standard InChI is InChI=1S/C23H39N5O2/c1-24-22(25-17-19-8-9-20(29-3)21(16-19)30-4)26-18-23(10-14-27(2)15-11-23)28-12-6-5-7-13-28/h8-9,16H,5-7,10-15,17-18H2,1-4H3,(H2,24,25,26). The van der Waals surface area contributed by atoms with Gasteiger partial charge in [-0.2, -0.15) is 0 Å². The minimum Gasteiger partial charge on any atom is -0.493 e. The summed E-state index contributed by atoms with van der Waals surface area (Å²) in [5, 5.41) is 7.09. The normalized spacial score (nSPS) is 20.6. The Labute approximate surface area is 181 Å². The Morgan fingerprint density at radius 2 is 1.70 bits per heavy atom. The summed E-state index contributed by atoms with van der Waals surface area (Å²) >= 11 is 0. The van der Waals surface area contributed by atoms with Crippen LogP contribution in [0.4, 0.5) is 0 Å². The molecule has 3 rings (SSSR count). The maximum atomic E-state index is 5.42. The van der Waals surface area contributed by atoms with E-state index in [1.165, 1.54) is 45.2 Å². The van der Waals surface area contributed by atoms with Gasteiger partial charge in [0.05, 0.1) is 14.2 Å². The molecule has 1 aromatic carbocycles. The van der Waals surface area contributed by atoms with Crippen LogP contribution < -0.4 is 20.1 Å². The number of likely N-dealkylation sites (tertiary alicyclic amines) is 2. The Morgan fingerprint density at radius 1 is 1.00 bits per heavy atom. The number of guanidine groups is 1. The van der Waals surface area contributed by atoms with Crippen molar-refractivity contribution in [3.05, 3.63) is 23.8 Å². The lowest BCUT2D eigenvalue weighted by atomic mass is 9.84. The van der Waals surface area contributed by atoms with E-state index in [4.69, 9.17) is 9.47 Å². The predicted octanol–water partition coefficient (Wildman–Crippen LogP) is 2.32. The Balaban J connectivity index is 1.60. The second kappa shape index (κ2) is 10.9. The second-order valence-electron chi connectivity index (χ2n) is 8.54. The number of rotatable bonds is 7. The van der Waals surface area contributed by atoms with Crippen LogP contribution in [0, 0.1) is 0 Å². The molecular formula is C23H39N5O2. The molecule has 7 heteroatoms. The molecule has 2 saturated heterocycles. The minimum absolute atomic E-state index is 0.230. The van der Waals surface area contributed by atoms with Crippen molar-refractivity contribution in [1.29, 1.82) is 0 Å². The summed E-state index contributed by atoms with van der Waals surface area (Å²) in [4.78, 5) is 9.66. The number of piperidine rings is 2. The van der Waals surface area contributed by atoms with Crippen molar-refractivity contribution in [2.24, 2.45) is 4.99 Å². The van der Waals surface area contributed by atoms with Crippen LogP contribution in [0.5, 0.6) is 11.5 Å². The molecule has 2 heterocycles. The third kappa shape index (κ3) is 5.58. The van der Waals surface area contributed by atoms with Crippen LogP contribution in [0.15, 0.2) is 23.2 Å². The fourth-order valence-electron chi connectivity index (χ4n) is 4.65. The van der Waals surface area contributed by atoms with Crippen LogP contribution in [0.25, 0.3) is 0 Å². The molecule has 2 fully saturated rings. The van der Waals surface area contributed by atoms with Crippen LogP contribution in [-0.4, -0.2) is 82.3 Å². The fourth-order valence-corrected chi connectivity index (χ4v) is 4.65. The molecule has 30 heavy (non-hydrogen) atoms. The van der Waals surface area contributed by atoms with Crippen LogP contribution in [0.2, 0.25) is 0 Å². The lowest BCUT2D eigenvalue weighted by Gasteiger charge is -2.50. The average molecular weight is 418 g/mol. The van der Waals surface area contributed by atoms with E-state index < -0.39 is 0 Å². The van der Waals surface area contributed by atoms with E-state index in [-0.39, 0.29) is 5.54 Å². The van der Waals surface area contributed by atoms with Gasteiger partial charge in [-0.15, -0.1) is 0 Å². The van der Waals surface area contributed by atoms with Gasteiger partial charge in [-0.1, -0.05) is 12.5 Å². The molecule has 0 bridgehead atoms. The van der Waals surface area contributed by atoms with Crippen LogP contribution >= 0.6 is 0 Å². The van der Waals surface area contributed by atoms with Crippen molar-refractivity contribution in [2.45, 2.75) is 44.2 Å². The van der Waals surface area contributed by atoms with Gasteiger partial charge in [-0.05, 0) is 76.6 Å². The maximum Gasteiger partial charge on any atom is 0.191 e. The Bertz CT molecular complexity index is 695. The van der Waals surface area contributed by atoms with Crippen LogP contribution in [0.1, 0.15) is 37.7 Å². The molecule has 2 aliphatic rings. The monoisotopic (exact) mass is 417 g/mol. The molecule has 2 N–H and O–H groups in total. The zero-order valence-corrected chi connectivity index (χ0v) is 19.2. The van der Waals surface area contributed by atoms with Gasteiger partial charge in [0, 0.05) is 25.7 Å². The van der Waals surface area contributed by atoms with Crippen molar-refractivity contribution < 1.29 is 9.47 Å². The fraction of sp³-hybridized carbons (Fsp3) is 0.696. The van der Waals surface area contributed by atoms with Gasteiger partial charge in [0.1, 0.15) is 0 Å². The molecule has 0 radical (unpaired) electrons. The van der Waals surface area contributed by atoms with Crippen LogP contribution in [-0.2, 0) is 6.54 Å². The summed E-state index contributed by atoms with van der Waals surface area (Å²) in [7, 11) is 7.39. The lowest BCUT2D eigenvalue weighted by molar-refractivity contribution is 0.0173. The molecule has 0 spiro atoms. The summed E-state index contributed by atoms with van der Waals surface area (Å²) < 4.78 is 10.7. The van der Waals surface area contributed by atoms with Gasteiger partial charge in [0.2, 0.25) is 0 Å². The first-order valence-electron chi connectivity index (χ1n) is 11.2. The summed E-state index contributed by atoms with van der Waals surface area (Å²) in [5.74, 6) is 2.34. The van der Waals surface area contributed by atoms with E-state index in [9.17, 15) is 0 Å². The number of methoxy groups -OCH3 is 2. The van der Waals surface area contributed by atoms with Gasteiger partial charge in [0.15, 0.2) is 17.5 Å². The van der Waals surface area contributed by atoms with E-state index in [1.54, 1.807) is 14.2 Å². The zero-order chi connectivity index (χ0) is 21.4. The highest BCUT2D eigenvalue weighted by Crippen LogP contribution is 2.31. The van der Waals surface area contributed by atoms with Crippen molar-refractivity contribution in [3.63, 3.8) is 0 Å². The zero-order valence-electron chi connectivity index (χ0n) is 19.2. The van der Waals surface area contributed by atoms with E-state index in [0.29, 0.717) is 6.54 Å². The first kappa shape index (κ1) is 22.7. The molecule has 7 nitrogen and oxygen atoms in total. The van der Waals surface area contributed by atoms with Crippen LogP contribution in [0.3, 0.4) is 0 Å². The summed E-state index contributed by atoms with van der Waals surface area (Å²) in [6, 6.07) is 6.00. The van der Waals surface area contributed by atoms with Gasteiger partial charge in [-0.3, -0.25) is 9.89 Å². The maximum absolute atomic E-state index is 5.42. The van der Waals surface area contributed by atoms with Gasteiger partial charge >= 0.3 is 0 Å². The highest BCUT2D eigenvalue weighted by Gasteiger charge is 2.39. The minimum atomic E-state index is 0.230. The van der Waals surface area contributed by atoms with E-state index in [0.717, 1.165) is 42.7 Å². The highest BCUT2D eigenvalue weighted by molar-refractivity contribution is 5.79. The van der Waals surface area contributed by atoms with Gasteiger partial charge in [-0.25, -0.2) is 0 Å². The van der Waals surface area contributed by atoms with Crippen molar-refractivity contribution in [2.75, 3.05) is 61.0 Å². The average Bonchev–Trinajstić information content (AvgIpc) is 2.81. The molecule has 0 atom stereocenters. The van der Waals surface area contributed by atoms with Gasteiger partial charge in [0.25, 0.3) is 0 Å². The van der Waals surface area contributed by atoms with Crippen molar-refractivity contribution in [3.8, 4) is 11.5 Å². The quantitative estimate of drug-likeness (QED) is 0.525. The third-order valence-electron chi connectivity index (χ3n) is 6.66. The number of aliphatic imine (C=N–C) groups is 1. The molecule has 0 amide bonds. The predicted molar refractivity (Wildman–Crippen MR) is 123 cm³/mol. The molecule has 0 aliphatic carbocycles. The molecule has 0 saturated carbocycles. The summed E-state index contributed by atoms with van der Waals surface area (Å²) in [5.41, 5.74) is 1.36. The summed E-state index contributed by atoms with van der Waals surface area (Å²) in [6.07, 6.45) is 6.44. The molecule has 1 aromatic rings. The number of nitrogens with one attached hydrogen (secondary N) is 2. The van der Waals surface area contributed by atoms with Crippen molar-refractivity contribution in [1.82, 2.24) is 20.4 Å². The SMILES string of the molecule is CN=C(NCc1ccc(OC)c(OC)c1)NCC1(N2CCCCC2)CCN(C)CC1. The first-order chi connectivity index (χ1) is 14.6. The van der Waals surface area contributed by atoms with Gasteiger partial charge < -0.3 is 25.0 Å². The highest BCUT2D eigenvalue weighted by atomic mass is 16.5. The molecule has 168 valence electrons. The number of hydrogen-bond acceptors (Lipinski definition) is 5. The number of nitrogens with zero attached hydrogens (tertiary/aromatic N) is 3. The Hall–Kier alpha value is -1.99. The second-order valence-corrected chi connectivity index (χ2v) is 8.54. The van der Waals surface area contributed by atoms with E-state index in [1.807, 2.05) is 25.2 Å². The topological polar surface area (TPSA) is 61.4 Å². The summed E-state index contributed by atoms with van der Waals surface area (Å²) in [6.45, 7) is 6.39. The van der Waals surface area contributed by atoms with E-state index in [2.05, 4.69) is 32.5 Å². The number of hydrogen-bond donors (Lipinski definition) is 2.